The standard InChI is InChI=1S/C20H18Cl2N4O2/c1-12-15(14-4-2-3-5-17(14)24-12)11-23-26-20(28)9-8-19(27)25-18-7-6-13(21)10-16(18)22/h2-7,10-11,24H,8-9H2,1H3,(H,25,27)(H,26,28). The van der Waals surface area contributed by atoms with Gasteiger partial charge in [-0.05, 0) is 31.2 Å². The third-order valence-electron chi connectivity index (χ3n) is 4.11. The first kappa shape index (κ1) is 19.9. The van der Waals surface area contributed by atoms with Gasteiger partial charge in [-0.3, -0.25) is 9.59 Å². The number of carbonyl (C=O) groups excluding carboxylic acids is 2. The summed E-state index contributed by atoms with van der Waals surface area (Å²) in [6, 6.07) is 12.6. The fourth-order valence-electron chi connectivity index (χ4n) is 2.72. The van der Waals surface area contributed by atoms with E-state index < -0.39 is 0 Å². The van der Waals surface area contributed by atoms with Gasteiger partial charge in [0.1, 0.15) is 0 Å². The Morgan fingerprint density at radius 3 is 2.64 bits per heavy atom. The van der Waals surface area contributed by atoms with Gasteiger partial charge in [-0.25, -0.2) is 5.43 Å². The Bertz CT molecular complexity index is 1060. The van der Waals surface area contributed by atoms with Crippen molar-refractivity contribution in [2.75, 3.05) is 5.32 Å². The highest BCUT2D eigenvalue weighted by atomic mass is 35.5. The summed E-state index contributed by atoms with van der Waals surface area (Å²) in [7, 11) is 0. The number of rotatable bonds is 6. The minimum absolute atomic E-state index is 0.00124. The second kappa shape index (κ2) is 8.91. The molecule has 2 aromatic carbocycles. The Kier molecular flexibility index (Phi) is 6.34. The lowest BCUT2D eigenvalue weighted by atomic mass is 10.1. The Hall–Kier alpha value is -2.83. The monoisotopic (exact) mass is 416 g/mol. The van der Waals surface area contributed by atoms with E-state index in [2.05, 4.69) is 20.8 Å². The van der Waals surface area contributed by atoms with E-state index in [-0.39, 0.29) is 24.7 Å². The molecule has 0 aliphatic heterocycles. The molecule has 0 saturated carbocycles. The Labute approximate surface area is 171 Å². The van der Waals surface area contributed by atoms with Crippen LogP contribution in [0.3, 0.4) is 0 Å². The molecule has 8 heteroatoms. The average molecular weight is 417 g/mol. The van der Waals surface area contributed by atoms with Crippen molar-refractivity contribution in [1.29, 1.82) is 0 Å². The zero-order valence-electron chi connectivity index (χ0n) is 15.1. The highest BCUT2D eigenvalue weighted by molar-refractivity contribution is 6.36. The van der Waals surface area contributed by atoms with E-state index in [0.717, 1.165) is 22.2 Å². The van der Waals surface area contributed by atoms with E-state index in [1.54, 1.807) is 18.3 Å². The maximum atomic E-state index is 12.0. The van der Waals surface area contributed by atoms with Crippen LogP contribution in [0.5, 0.6) is 0 Å². The summed E-state index contributed by atoms with van der Waals surface area (Å²) in [6.45, 7) is 1.94. The number of hydrogen-bond donors (Lipinski definition) is 3. The number of hydrazone groups is 1. The Morgan fingerprint density at radius 2 is 1.86 bits per heavy atom. The van der Waals surface area contributed by atoms with Gasteiger partial charge in [-0.1, -0.05) is 41.4 Å². The third kappa shape index (κ3) is 4.91. The lowest BCUT2D eigenvalue weighted by Crippen LogP contribution is -2.20. The van der Waals surface area contributed by atoms with Crippen molar-refractivity contribution < 1.29 is 9.59 Å². The number of fused-ring (bicyclic) bond motifs is 1. The fourth-order valence-corrected chi connectivity index (χ4v) is 3.18. The number of halogens is 2. The summed E-state index contributed by atoms with van der Waals surface area (Å²) in [5.41, 5.74) is 5.76. The Balaban J connectivity index is 1.51. The highest BCUT2D eigenvalue weighted by Gasteiger charge is 2.10. The SMILES string of the molecule is Cc1[nH]c2ccccc2c1C=NNC(=O)CCC(=O)Nc1ccc(Cl)cc1Cl. The molecule has 28 heavy (non-hydrogen) atoms. The molecular formula is C20H18Cl2N4O2. The van der Waals surface area contributed by atoms with Gasteiger partial charge in [0, 0.05) is 40.0 Å². The molecule has 0 saturated heterocycles. The van der Waals surface area contributed by atoms with Crippen molar-refractivity contribution in [3.8, 4) is 0 Å². The molecule has 144 valence electrons. The molecule has 3 aromatic rings. The zero-order valence-corrected chi connectivity index (χ0v) is 16.6. The minimum atomic E-state index is -0.355. The topological polar surface area (TPSA) is 86.3 Å². The number of hydrogen-bond acceptors (Lipinski definition) is 3. The molecule has 3 N–H and O–H groups in total. The summed E-state index contributed by atoms with van der Waals surface area (Å²) in [6.07, 6.45) is 1.60. The number of nitrogens with zero attached hydrogens (tertiary/aromatic N) is 1. The van der Waals surface area contributed by atoms with Crippen LogP contribution in [-0.2, 0) is 9.59 Å². The van der Waals surface area contributed by atoms with Gasteiger partial charge in [-0.15, -0.1) is 0 Å². The summed E-state index contributed by atoms with van der Waals surface area (Å²) < 4.78 is 0. The first-order chi connectivity index (χ1) is 13.4. The molecule has 0 radical (unpaired) electrons. The van der Waals surface area contributed by atoms with E-state index in [0.29, 0.717) is 15.7 Å². The molecule has 0 bridgehead atoms. The van der Waals surface area contributed by atoms with Crippen LogP contribution in [0, 0.1) is 6.92 Å². The molecule has 0 fully saturated rings. The average Bonchev–Trinajstić information content (AvgIpc) is 2.98. The van der Waals surface area contributed by atoms with Crippen molar-refractivity contribution >= 4 is 57.8 Å². The van der Waals surface area contributed by atoms with Crippen LogP contribution in [0.1, 0.15) is 24.1 Å². The smallest absolute Gasteiger partial charge is 0.240 e. The van der Waals surface area contributed by atoms with E-state index >= 15 is 0 Å². The predicted molar refractivity (Wildman–Crippen MR) is 113 cm³/mol. The minimum Gasteiger partial charge on any atom is -0.358 e. The zero-order chi connectivity index (χ0) is 20.1. The van der Waals surface area contributed by atoms with Gasteiger partial charge in [0.2, 0.25) is 11.8 Å². The molecule has 0 spiro atoms. The van der Waals surface area contributed by atoms with Crippen LogP contribution >= 0.6 is 23.2 Å². The van der Waals surface area contributed by atoms with E-state index in [1.807, 2.05) is 31.2 Å². The molecule has 3 rings (SSSR count). The number of benzene rings is 2. The first-order valence-electron chi connectivity index (χ1n) is 8.58. The maximum Gasteiger partial charge on any atom is 0.240 e. The van der Waals surface area contributed by atoms with Gasteiger partial charge >= 0.3 is 0 Å². The largest absolute Gasteiger partial charge is 0.358 e. The maximum absolute atomic E-state index is 12.0. The van der Waals surface area contributed by atoms with Gasteiger partial charge < -0.3 is 10.3 Å². The number of amides is 2. The predicted octanol–water partition coefficient (Wildman–Crippen LogP) is 4.65. The van der Waals surface area contributed by atoms with Crippen molar-refractivity contribution in [2.24, 2.45) is 5.10 Å². The van der Waals surface area contributed by atoms with Crippen molar-refractivity contribution in [3.05, 3.63) is 63.8 Å². The van der Waals surface area contributed by atoms with Crippen LogP contribution in [0.2, 0.25) is 10.0 Å². The molecular weight excluding hydrogens is 399 g/mol. The lowest BCUT2D eigenvalue weighted by molar-refractivity contribution is -0.124. The molecule has 0 atom stereocenters. The normalized spacial score (nSPS) is 11.1. The van der Waals surface area contributed by atoms with Crippen molar-refractivity contribution in [1.82, 2.24) is 10.4 Å². The number of aromatic amines is 1. The molecule has 2 amide bonds. The van der Waals surface area contributed by atoms with Crippen LogP contribution in [0.4, 0.5) is 5.69 Å². The van der Waals surface area contributed by atoms with Gasteiger partial charge in [-0.2, -0.15) is 5.10 Å². The molecule has 0 aliphatic carbocycles. The van der Waals surface area contributed by atoms with E-state index in [4.69, 9.17) is 23.2 Å². The number of aromatic nitrogens is 1. The van der Waals surface area contributed by atoms with Gasteiger partial charge in [0.05, 0.1) is 16.9 Å². The number of para-hydroxylation sites is 1. The molecule has 1 heterocycles. The number of nitrogens with one attached hydrogen (secondary N) is 3. The second-order valence-electron chi connectivity index (χ2n) is 6.17. The summed E-state index contributed by atoms with van der Waals surface area (Å²) in [5, 5.41) is 8.48. The molecule has 0 unspecified atom stereocenters. The van der Waals surface area contributed by atoms with E-state index in [9.17, 15) is 9.59 Å². The number of carbonyl (C=O) groups is 2. The van der Waals surface area contributed by atoms with Gasteiger partial charge in [0.25, 0.3) is 0 Å². The quantitative estimate of drug-likeness (QED) is 0.403. The lowest BCUT2D eigenvalue weighted by Gasteiger charge is -2.07. The fraction of sp³-hybridized carbons (Fsp3) is 0.150. The highest BCUT2D eigenvalue weighted by Crippen LogP contribution is 2.25. The first-order valence-corrected chi connectivity index (χ1v) is 9.34. The molecule has 0 aliphatic rings. The molecule has 1 aromatic heterocycles. The summed E-state index contributed by atoms with van der Waals surface area (Å²) >= 11 is 11.8. The number of anilines is 1. The number of aryl methyl sites for hydroxylation is 1. The van der Waals surface area contributed by atoms with Gasteiger partial charge in [0.15, 0.2) is 0 Å². The van der Waals surface area contributed by atoms with Crippen molar-refractivity contribution in [2.45, 2.75) is 19.8 Å². The van der Waals surface area contributed by atoms with Crippen molar-refractivity contribution in [3.63, 3.8) is 0 Å². The third-order valence-corrected chi connectivity index (χ3v) is 4.66. The number of H-pyrrole nitrogens is 1. The second-order valence-corrected chi connectivity index (χ2v) is 7.02. The van der Waals surface area contributed by atoms with Crippen LogP contribution in [-0.4, -0.2) is 23.0 Å². The van der Waals surface area contributed by atoms with E-state index in [1.165, 1.54) is 6.07 Å². The van der Waals surface area contributed by atoms with Crippen LogP contribution in [0.15, 0.2) is 47.6 Å². The summed E-state index contributed by atoms with van der Waals surface area (Å²) in [5.74, 6) is -0.679. The summed E-state index contributed by atoms with van der Waals surface area (Å²) in [4.78, 5) is 27.2. The Morgan fingerprint density at radius 1 is 1.11 bits per heavy atom. The van der Waals surface area contributed by atoms with Crippen LogP contribution in [0.25, 0.3) is 10.9 Å². The molecule has 6 nitrogen and oxygen atoms in total. The van der Waals surface area contributed by atoms with Crippen LogP contribution < -0.4 is 10.7 Å².